The molecule has 1 N–H and O–H groups in total. The molecule has 2 aliphatic heterocycles. The number of carboxylic acid groups (broad SMARTS) is 1. The third kappa shape index (κ3) is 15.3. The second-order valence-corrected chi connectivity index (χ2v) is 34.2. The van der Waals surface area contributed by atoms with Crippen molar-refractivity contribution in [3.05, 3.63) is 41.6 Å². The largest absolute Gasteiger partial charge is 0.481 e. The number of ether oxygens (including phenoxy) is 4. The Labute approximate surface area is 421 Å². The zero-order chi connectivity index (χ0) is 51.4. The van der Waals surface area contributed by atoms with Crippen molar-refractivity contribution >= 4 is 89.1 Å². The van der Waals surface area contributed by atoms with Gasteiger partial charge in [-0.15, -0.1) is 10.2 Å². The zero-order valence-corrected chi connectivity index (χ0v) is 47.5. The molecule has 6 heterocycles. The van der Waals surface area contributed by atoms with Crippen LogP contribution in [0.4, 0.5) is 21.0 Å². The fraction of sp³-hybridized carbons (Fsp3) is 0.698. The van der Waals surface area contributed by atoms with Crippen LogP contribution in [0.5, 0.6) is 0 Å². The molecular weight excluding hydrogens is 1060 g/mol. The number of anilines is 2. The highest BCUT2D eigenvalue weighted by Crippen LogP contribution is 2.25. The molecule has 2 fully saturated rings. The molecule has 0 atom stereocenters. The third-order valence-electron chi connectivity index (χ3n) is 11.0. The number of carbonyl (C=O) groups is 3. The Kier molecular flexibility index (Phi) is 18.0. The number of piperazine rings is 2. The monoisotopic (exact) mass is 1130 g/mol. The number of aromatic nitrogens is 8. The quantitative estimate of drug-likeness (QED) is 0.113. The van der Waals surface area contributed by atoms with Gasteiger partial charge >= 0.3 is 18.2 Å². The van der Waals surface area contributed by atoms with Crippen molar-refractivity contribution in [2.24, 2.45) is 0 Å². The third-order valence-corrected chi connectivity index (χ3v) is 15.1. The molecule has 2 aliphatic rings. The van der Waals surface area contributed by atoms with E-state index in [4.69, 9.17) is 18.9 Å². The zero-order valence-electron chi connectivity index (χ0n) is 42.4. The first-order chi connectivity index (χ1) is 31.9. The van der Waals surface area contributed by atoms with E-state index in [-0.39, 0.29) is 41.3 Å². The van der Waals surface area contributed by atoms with E-state index < -0.39 is 51.4 Å². The summed E-state index contributed by atoms with van der Waals surface area (Å²) in [6, 6.07) is 1.99. The van der Waals surface area contributed by atoms with Crippen molar-refractivity contribution in [1.82, 2.24) is 48.1 Å². The molecule has 2 amide bonds. The van der Waals surface area contributed by atoms with Crippen LogP contribution < -0.4 is 20.9 Å². The normalized spacial score (nSPS) is 15.2. The number of hydrogen-bond acceptors (Lipinski definition) is 15. The summed E-state index contributed by atoms with van der Waals surface area (Å²) in [6.45, 7) is 31.3. The lowest BCUT2D eigenvalue weighted by Gasteiger charge is -2.37. The first kappa shape index (κ1) is 55.5. The van der Waals surface area contributed by atoms with Gasteiger partial charge in [0.1, 0.15) is 36.0 Å². The smallest absolute Gasteiger partial charge is 0.410 e. The summed E-state index contributed by atoms with van der Waals surface area (Å²) < 4.78 is 29.4. The van der Waals surface area contributed by atoms with Crippen molar-refractivity contribution < 1.29 is 38.4 Å². The van der Waals surface area contributed by atoms with Gasteiger partial charge in [-0.25, -0.2) is 9.59 Å². The Balaban J connectivity index is 0.000000258. The fourth-order valence-electron chi connectivity index (χ4n) is 7.43. The summed E-state index contributed by atoms with van der Waals surface area (Å²) in [6.07, 6.45) is -1.14. The first-order valence-corrected chi connectivity index (χ1v) is 32.1. The molecule has 26 heteroatoms. The van der Waals surface area contributed by atoms with E-state index in [1.165, 1.54) is 4.52 Å². The fourth-order valence-corrected chi connectivity index (χ4v) is 9.57. The van der Waals surface area contributed by atoms with Gasteiger partial charge in [-0.2, -0.15) is 19.0 Å². The number of aliphatic carboxylic acids is 1. The number of nitrogens with zero attached hydrogens (tertiary/aromatic N) is 12. The van der Waals surface area contributed by atoms with Crippen LogP contribution in [-0.2, 0) is 43.6 Å². The van der Waals surface area contributed by atoms with Crippen LogP contribution in [-0.4, -0.2) is 164 Å². The van der Waals surface area contributed by atoms with Gasteiger partial charge in [0.05, 0.1) is 12.1 Å². The summed E-state index contributed by atoms with van der Waals surface area (Å²) in [7, 11) is -2.54. The van der Waals surface area contributed by atoms with Crippen molar-refractivity contribution in [1.29, 1.82) is 0 Å². The van der Waals surface area contributed by atoms with Gasteiger partial charge in [0.25, 0.3) is 11.1 Å². The number of rotatable bonds is 14. The Hall–Kier alpha value is -4.38. The molecular formula is C43H70Br2N12O10Si2. The van der Waals surface area contributed by atoms with Gasteiger partial charge in [-0.05, 0) is 92.4 Å². The highest BCUT2D eigenvalue weighted by Gasteiger charge is 2.32. The minimum Gasteiger partial charge on any atom is -0.481 e. The van der Waals surface area contributed by atoms with E-state index >= 15 is 0 Å². The van der Waals surface area contributed by atoms with E-state index in [0.29, 0.717) is 87.5 Å². The van der Waals surface area contributed by atoms with Crippen LogP contribution in [0.1, 0.15) is 52.9 Å². The highest BCUT2D eigenvalue weighted by molar-refractivity contribution is 9.10. The molecule has 22 nitrogen and oxygen atoms in total. The summed E-state index contributed by atoms with van der Waals surface area (Å²) in [5.74, 6) is -0.442. The first-order valence-electron chi connectivity index (χ1n) is 23.1. The van der Waals surface area contributed by atoms with Crippen LogP contribution >= 0.6 is 31.9 Å². The topological polar surface area (TPSA) is 226 Å². The van der Waals surface area contributed by atoms with Crippen LogP contribution in [0.3, 0.4) is 0 Å². The van der Waals surface area contributed by atoms with Crippen molar-refractivity contribution in [3.63, 3.8) is 0 Å². The maximum Gasteiger partial charge on any atom is 0.410 e. The maximum absolute atomic E-state index is 13.5. The Morgan fingerprint density at radius 1 is 0.623 bits per heavy atom. The van der Waals surface area contributed by atoms with Gasteiger partial charge < -0.3 is 43.7 Å². The summed E-state index contributed by atoms with van der Waals surface area (Å²) in [4.78, 5) is 79.4. The van der Waals surface area contributed by atoms with E-state index in [9.17, 15) is 29.1 Å². The molecule has 4 aromatic heterocycles. The minimum atomic E-state index is -1.33. The predicted molar refractivity (Wildman–Crippen MR) is 274 cm³/mol. The van der Waals surface area contributed by atoms with Gasteiger partial charge in [0.15, 0.2) is 0 Å². The molecule has 384 valence electrons. The molecule has 69 heavy (non-hydrogen) atoms. The number of halogens is 2. The molecule has 0 saturated carbocycles. The number of hydrogen-bond donors (Lipinski definition) is 1. The van der Waals surface area contributed by atoms with Crippen LogP contribution in [0.25, 0.3) is 11.6 Å². The predicted octanol–water partition coefficient (Wildman–Crippen LogP) is 5.98. The molecule has 4 aromatic rings. The number of carbonyl (C=O) groups excluding carboxylic acids is 2. The molecule has 0 unspecified atom stereocenters. The molecule has 0 radical (unpaired) electrons. The highest BCUT2D eigenvalue weighted by atomic mass is 79.9. The van der Waals surface area contributed by atoms with Crippen molar-refractivity contribution in [3.8, 4) is 0 Å². The summed E-state index contributed by atoms with van der Waals surface area (Å²) in [5.41, 5.74) is -0.0209. The van der Waals surface area contributed by atoms with Gasteiger partial charge in [0.2, 0.25) is 21.0 Å². The van der Waals surface area contributed by atoms with Crippen molar-refractivity contribution in [2.75, 3.05) is 75.4 Å². The standard InChI is InChI=1S/C22H35BrN6O6Si.C21H35BrN6O4Si/c1-22(2,3)35-21(33)27-9-7-26(8-10-27)17-15(13-16(30)31)28(14-34-11-12-36(4,5)6)20-24-19(23)25-29(20)18(17)32;1-15-16(25-8-10-26(11-9-25)20(30)32-21(2,3)4)17(29)28-19(23-18(22)24-28)27(15)14-31-12-13-33(5,6)7/h7-14H2,1-6H3,(H,30,31);8-14H2,1-7H3. The Morgan fingerprint density at radius 2 is 1.00 bits per heavy atom. The average molecular weight is 1130 g/mol. The summed E-state index contributed by atoms with van der Waals surface area (Å²) in [5, 5.41) is 18.1. The van der Waals surface area contributed by atoms with E-state index in [1.54, 1.807) is 40.0 Å². The molecule has 0 aromatic carbocycles. The van der Waals surface area contributed by atoms with Crippen LogP contribution in [0, 0.1) is 6.92 Å². The van der Waals surface area contributed by atoms with E-state index in [0.717, 1.165) is 22.3 Å². The van der Waals surface area contributed by atoms with Crippen LogP contribution in [0.15, 0.2) is 19.1 Å². The SMILES string of the molecule is CC(C)(C)OC(=O)N1CCN(c2c(CC(=O)O)n(COCC[Si](C)(C)C)c3nc(Br)nn3c2=O)CC1.Cc1c(N2CCN(C(=O)OC(C)(C)C)CC2)c(=O)n2nc(Br)nc2n1COCC[Si](C)(C)C. The van der Waals surface area contributed by atoms with Crippen molar-refractivity contribution in [2.45, 2.75) is 131 Å². The summed E-state index contributed by atoms with van der Waals surface area (Å²) >= 11 is 6.52. The Bertz CT molecular complexity index is 2590. The lowest BCUT2D eigenvalue weighted by molar-refractivity contribution is -0.136. The Morgan fingerprint density at radius 3 is 1.39 bits per heavy atom. The van der Waals surface area contributed by atoms with Gasteiger partial charge in [-0.3, -0.25) is 23.5 Å². The average Bonchev–Trinajstić information content (AvgIpc) is 3.81. The minimum absolute atomic E-state index is 0.0346. The van der Waals surface area contributed by atoms with E-state index in [1.807, 2.05) is 37.2 Å². The second kappa shape index (κ2) is 22.4. The van der Waals surface area contributed by atoms with Gasteiger partial charge in [-0.1, -0.05) is 39.3 Å². The lowest BCUT2D eigenvalue weighted by atomic mass is 10.2. The number of amides is 2. The molecule has 2 saturated heterocycles. The van der Waals surface area contributed by atoms with E-state index in [2.05, 4.69) is 91.3 Å². The van der Waals surface area contributed by atoms with Crippen LogP contribution in [0.2, 0.25) is 51.4 Å². The second-order valence-electron chi connectivity index (χ2n) is 21.6. The molecule has 0 aliphatic carbocycles. The maximum atomic E-state index is 13.5. The molecule has 6 rings (SSSR count). The lowest BCUT2D eigenvalue weighted by Crippen LogP contribution is -2.51. The number of fused-ring (bicyclic) bond motifs is 2. The van der Waals surface area contributed by atoms with Gasteiger partial charge in [0, 0.05) is 87.4 Å². The molecule has 0 spiro atoms. The molecule has 0 bridgehead atoms. The number of carboxylic acids is 1.